The number of hydrazine groups is 1. The highest BCUT2D eigenvalue weighted by atomic mass is 16.2. The zero-order valence-electron chi connectivity index (χ0n) is 10.7. The van der Waals surface area contributed by atoms with Crippen molar-refractivity contribution in [3.05, 3.63) is 0 Å². The van der Waals surface area contributed by atoms with Crippen LogP contribution in [-0.2, 0) is 9.59 Å². The van der Waals surface area contributed by atoms with Crippen molar-refractivity contribution in [1.29, 1.82) is 0 Å². The van der Waals surface area contributed by atoms with E-state index in [9.17, 15) is 9.59 Å². The first kappa shape index (κ1) is 13.3. The minimum atomic E-state index is -0.223. The van der Waals surface area contributed by atoms with E-state index < -0.39 is 0 Å². The van der Waals surface area contributed by atoms with Gasteiger partial charge >= 0.3 is 0 Å². The fraction of sp³-hybridized carbons (Fsp3) is 0.833. The van der Waals surface area contributed by atoms with Crippen LogP contribution in [0.4, 0.5) is 0 Å². The molecular weight excluding hydrogens is 232 g/mol. The van der Waals surface area contributed by atoms with E-state index in [4.69, 9.17) is 5.73 Å². The number of hydrogen-bond acceptors (Lipinski definition) is 4. The second-order valence-electron chi connectivity index (χ2n) is 5.16. The normalized spacial score (nSPS) is 23.8. The highest BCUT2D eigenvalue weighted by molar-refractivity contribution is 5.78. The van der Waals surface area contributed by atoms with E-state index in [1.54, 1.807) is 0 Å². The van der Waals surface area contributed by atoms with Gasteiger partial charge in [0.05, 0.1) is 0 Å². The molecule has 102 valence electrons. The predicted octanol–water partition coefficient (Wildman–Crippen LogP) is -0.785. The second-order valence-corrected chi connectivity index (χ2v) is 5.16. The van der Waals surface area contributed by atoms with E-state index >= 15 is 0 Å². The van der Waals surface area contributed by atoms with Crippen molar-refractivity contribution in [1.82, 2.24) is 15.8 Å². The third-order valence-electron chi connectivity index (χ3n) is 3.88. The number of amides is 2. The lowest BCUT2D eigenvalue weighted by Gasteiger charge is -2.32. The SMILES string of the molecule is NC(=O)C1CCN(NC(=O)C2CCNCC2)CC1. The van der Waals surface area contributed by atoms with Crippen LogP contribution in [0, 0.1) is 11.8 Å². The first-order valence-electron chi connectivity index (χ1n) is 6.72. The molecule has 2 amide bonds. The average Bonchev–Trinajstić information content (AvgIpc) is 2.40. The van der Waals surface area contributed by atoms with E-state index in [0.29, 0.717) is 13.1 Å². The summed E-state index contributed by atoms with van der Waals surface area (Å²) in [5.41, 5.74) is 8.24. The van der Waals surface area contributed by atoms with Gasteiger partial charge in [0.2, 0.25) is 11.8 Å². The van der Waals surface area contributed by atoms with Crippen molar-refractivity contribution in [2.45, 2.75) is 25.7 Å². The molecule has 2 aliphatic heterocycles. The number of rotatable bonds is 3. The molecule has 2 fully saturated rings. The van der Waals surface area contributed by atoms with Gasteiger partial charge in [-0.1, -0.05) is 0 Å². The Hall–Kier alpha value is -1.14. The Morgan fingerprint density at radius 1 is 1.06 bits per heavy atom. The summed E-state index contributed by atoms with van der Waals surface area (Å²) < 4.78 is 0. The molecule has 0 bridgehead atoms. The van der Waals surface area contributed by atoms with Crippen molar-refractivity contribution < 1.29 is 9.59 Å². The van der Waals surface area contributed by atoms with Crippen molar-refractivity contribution in [2.75, 3.05) is 26.2 Å². The fourth-order valence-corrected chi connectivity index (χ4v) is 2.61. The molecule has 0 saturated carbocycles. The largest absolute Gasteiger partial charge is 0.369 e. The molecule has 0 spiro atoms. The number of nitrogens with one attached hydrogen (secondary N) is 2. The molecule has 0 aromatic carbocycles. The molecular formula is C12H22N4O2. The molecule has 0 atom stereocenters. The van der Waals surface area contributed by atoms with Gasteiger partial charge in [0.1, 0.15) is 0 Å². The molecule has 18 heavy (non-hydrogen) atoms. The number of carbonyl (C=O) groups excluding carboxylic acids is 2. The zero-order valence-corrected chi connectivity index (χ0v) is 10.7. The van der Waals surface area contributed by atoms with E-state index in [1.807, 2.05) is 5.01 Å². The number of carbonyl (C=O) groups is 2. The lowest BCUT2D eigenvalue weighted by molar-refractivity contribution is -0.132. The Morgan fingerprint density at radius 3 is 2.22 bits per heavy atom. The summed E-state index contributed by atoms with van der Waals surface area (Å²) in [5.74, 6) is -0.00879. The molecule has 0 aromatic heterocycles. The topological polar surface area (TPSA) is 87.5 Å². The molecule has 2 heterocycles. The van der Waals surface area contributed by atoms with Gasteiger partial charge in [-0.25, -0.2) is 5.01 Å². The van der Waals surface area contributed by atoms with Crippen LogP contribution in [0.5, 0.6) is 0 Å². The first-order valence-corrected chi connectivity index (χ1v) is 6.72. The summed E-state index contributed by atoms with van der Waals surface area (Å²) in [6.45, 7) is 3.26. The molecule has 0 aliphatic carbocycles. The number of piperidine rings is 2. The van der Waals surface area contributed by atoms with Crippen molar-refractivity contribution in [3.63, 3.8) is 0 Å². The maximum absolute atomic E-state index is 12.0. The van der Waals surface area contributed by atoms with E-state index in [1.165, 1.54) is 0 Å². The maximum Gasteiger partial charge on any atom is 0.237 e. The standard InChI is InChI=1S/C12H22N4O2/c13-11(17)9-3-7-16(8-4-9)15-12(18)10-1-5-14-6-2-10/h9-10,14H,1-8H2,(H2,13,17)(H,15,18). The van der Waals surface area contributed by atoms with E-state index in [0.717, 1.165) is 38.8 Å². The van der Waals surface area contributed by atoms with Crippen LogP contribution in [-0.4, -0.2) is 43.0 Å². The maximum atomic E-state index is 12.0. The highest BCUT2D eigenvalue weighted by Gasteiger charge is 2.26. The minimum absolute atomic E-state index is 0.0305. The van der Waals surface area contributed by atoms with Gasteiger partial charge in [0, 0.05) is 24.9 Å². The summed E-state index contributed by atoms with van der Waals surface area (Å²) in [6.07, 6.45) is 3.29. The molecule has 2 rings (SSSR count). The van der Waals surface area contributed by atoms with E-state index in [-0.39, 0.29) is 23.7 Å². The van der Waals surface area contributed by atoms with Crippen LogP contribution in [0.1, 0.15) is 25.7 Å². The Labute approximate surface area is 107 Å². The van der Waals surface area contributed by atoms with Crippen LogP contribution in [0.25, 0.3) is 0 Å². The lowest BCUT2D eigenvalue weighted by atomic mass is 9.96. The summed E-state index contributed by atoms with van der Waals surface area (Å²) in [5, 5.41) is 5.17. The quantitative estimate of drug-likeness (QED) is 0.616. The van der Waals surface area contributed by atoms with E-state index in [2.05, 4.69) is 10.7 Å². The van der Waals surface area contributed by atoms with Gasteiger partial charge in [0.15, 0.2) is 0 Å². The Kier molecular flexibility index (Phi) is 4.54. The monoisotopic (exact) mass is 254 g/mol. The summed E-state index contributed by atoms with van der Waals surface area (Å²) >= 11 is 0. The van der Waals surface area contributed by atoms with Gasteiger partial charge in [-0.3, -0.25) is 15.0 Å². The molecule has 2 aliphatic rings. The van der Waals surface area contributed by atoms with Crippen molar-refractivity contribution in [3.8, 4) is 0 Å². The predicted molar refractivity (Wildman–Crippen MR) is 67.2 cm³/mol. The first-order chi connectivity index (χ1) is 8.66. The molecule has 6 heteroatoms. The molecule has 2 saturated heterocycles. The third kappa shape index (κ3) is 3.43. The summed E-state index contributed by atoms with van der Waals surface area (Å²) in [6, 6.07) is 0. The van der Waals surface area contributed by atoms with Crippen LogP contribution >= 0.6 is 0 Å². The second kappa shape index (κ2) is 6.15. The van der Waals surface area contributed by atoms with Gasteiger partial charge in [0.25, 0.3) is 0 Å². The molecule has 6 nitrogen and oxygen atoms in total. The van der Waals surface area contributed by atoms with Crippen LogP contribution < -0.4 is 16.5 Å². The van der Waals surface area contributed by atoms with Gasteiger partial charge in [-0.05, 0) is 38.8 Å². The number of primary amides is 1. The van der Waals surface area contributed by atoms with Crippen LogP contribution in [0.3, 0.4) is 0 Å². The molecule has 0 aromatic rings. The Balaban J connectivity index is 1.73. The molecule has 0 unspecified atom stereocenters. The summed E-state index contributed by atoms with van der Waals surface area (Å²) in [7, 11) is 0. The number of nitrogens with two attached hydrogens (primary N) is 1. The van der Waals surface area contributed by atoms with Gasteiger partial charge in [-0.15, -0.1) is 0 Å². The summed E-state index contributed by atoms with van der Waals surface area (Å²) in [4.78, 5) is 23.0. The highest BCUT2D eigenvalue weighted by Crippen LogP contribution is 2.16. The Morgan fingerprint density at radius 2 is 1.67 bits per heavy atom. The molecule has 4 N–H and O–H groups in total. The van der Waals surface area contributed by atoms with Crippen molar-refractivity contribution >= 4 is 11.8 Å². The average molecular weight is 254 g/mol. The minimum Gasteiger partial charge on any atom is -0.369 e. The third-order valence-corrected chi connectivity index (χ3v) is 3.88. The number of hydrogen-bond donors (Lipinski definition) is 3. The van der Waals surface area contributed by atoms with Gasteiger partial charge < -0.3 is 11.1 Å². The lowest BCUT2D eigenvalue weighted by Crippen LogP contribution is -2.51. The fourth-order valence-electron chi connectivity index (χ4n) is 2.61. The van der Waals surface area contributed by atoms with Crippen LogP contribution in [0.2, 0.25) is 0 Å². The zero-order chi connectivity index (χ0) is 13.0. The van der Waals surface area contributed by atoms with Crippen molar-refractivity contribution in [2.24, 2.45) is 17.6 Å². The van der Waals surface area contributed by atoms with Gasteiger partial charge in [-0.2, -0.15) is 0 Å². The molecule has 0 radical (unpaired) electrons. The smallest absolute Gasteiger partial charge is 0.237 e. The number of nitrogens with zero attached hydrogens (tertiary/aromatic N) is 1. The van der Waals surface area contributed by atoms with Crippen LogP contribution in [0.15, 0.2) is 0 Å². The Bertz CT molecular complexity index is 307.